The maximum atomic E-state index is 12.9. The van der Waals surface area contributed by atoms with Gasteiger partial charge in [-0.05, 0) is 36.8 Å². The summed E-state index contributed by atoms with van der Waals surface area (Å²) in [5, 5.41) is 12.0. The number of benzene rings is 1. The highest BCUT2D eigenvalue weighted by molar-refractivity contribution is 5.66. The second-order valence-electron chi connectivity index (χ2n) is 5.68. The third kappa shape index (κ3) is 2.59. The zero-order valence-electron chi connectivity index (χ0n) is 13.8. The molecule has 7 heteroatoms. The van der Waals surface area contributed by atoms with E-state index in [0.717, 1.165) is 16.8 Å². The lowest BCUT2D eigenvalue weighted by atomic mass is 10.1. The van der Waals surface area contributed by atoms with Gasteiger partial charge in [-0.3, -0.25) is 9.89 Å². The molecule has 0 radical (unpaired) electrons. The number of aromatic amines is 1. The third-order valence-electron chi connectivity index (χ3n) is 4.03. The van der Waals surface area contributed by atoms with Crippen LogP contribution >= 0.6 is 0 Å². The fourth-order valence-corrected chi connectivity index (χ4v) is 2.77. The quantitative estimate of drug-likeness (QED) is 0.616. The molecule has 4 aromatic rings. The Hall–Kier alpha value is -3.92. The predicted octanol–water partition coefficient (Wildman–Crippen LogP) is 3.06. The minimum atomic E-state index is -0.205. The van der Waals surface area contributed by atoms with Gasteiger partial charge in [-0.15, -0.1) is 0 Å². The number of hydrogen-bond donors (Lipinski definition) is 1. The highest BCUT2D eigenvalue weighted by Crippen LogP contribution is 2.21. The first-order valence-electron chi connectivity index (χ1n) is 7.86. The Balaban J connectivity index is 1.74. The molecule has 0 saturated heterocycles. The minimum absolute atomic E-state index is 0.205. The largest absolute Gasteiger partial charge is 0.444 e. The van der Waals surface area contributed by atoms with Gasteiger partial charge in [0.05, 0.1) is 29.0 Å². The number of H-pyrrole nitrogens is 1. The molecule has 0 saturated carbocycles. The number of aromatic nitrogens is 4. The molecule has 0 aliphatic heterocycles. The van der Waals surface area contributed by atoms with E-state index in [9.17, 15) is 4.79 Å². The molecule has 0 atom stereocenters. The molecule has 1 aromatic carbocycles. The van der Waals surface area contributed by atoms with Crippen LogP contribution in [0.15, 0.2) is 64.3 Å². The zero-order chi connectivity index (χ0) is 18.1. The van der Waals surface area contributed by atoms with Crippen molar-refractivity contribution in [1.82, 2.24) is 19.7 Å². The van der Waals surface area contributed by atoms with Gasteiger partial charge in [-0.25, -0.2) is 14.6 Å². The summed E-state index contributed by atoms with van der Waals surface area (Å²) in [6.45, 7) is 1.83. The second kappa shape index (κ2) is 6.18. The standard InChI is InChI=1S/C19H13N5O2/c1-12-17(14-4-2-13(10-20)3-5-14)19(25)24(23-12)16-7-6-15(11-22-16)18-21-8-9-26-18/h2-9,11,23H,1H3. The normalized spacial score (nSPS) is 10.6. The molecular weight excluding hydrogens is 330 g/mol. The van der Waals surface area contributed by atoms with Crippen molar-refractivity contribution in [1.29, 1.82) is 5.26 Å². The van der Waals surface area contributed by atoms with Crippen LogP contribution in [0.1, 0.15) is 11.3 Å². The molecular formula is C19H13N5O2. The topological polar surface area (TPSA) is 100 Å². The van der Waals surface area contributed by atoms with Gasteiger partial charge in [0.15, 0.2) is 5.82 Å². The molecule has 0 amide bonds. The van der Waals surface area contributed by atoms with Gasteiger partial charge in [-0.1, -0.05) is 12.1 Å². The van der Waals surface area contributed by atoms with E-state index in [2.05, 4.69) is 21.1 Å². The van der Waals surface area contributed by atoms with E-state index in [4.69, 9.17) is 9.68 Å². The third-order valence-corrected chi connectivity index (χ3v) is 4.03. The lowest BCUT2D eigenvalue weighted by Crippen LogP contribution is -2.16. The Morgan fingerprint density at radius 2 is 1.88 bits per heavy atom. The van der Waals surface area contributed by atoms with E-state index < -0.39 is 0 Å². The summed E-state index contributed by atoms with van der Waals surface area (Å²) in [5.74, 6) is 0.936. The molecule has 0 fully saturated rings. The highest BCUT2D eigenvalue weighted by Gasteiger charge is 2.15. The number of nitrogens with one attached hydrogen (secondary N) is 1. The van der Waals surface area contributed by atoms with E-state index in [0.29, 0.717) is 22.8 Å². The first-order chi connectivity index (χ1) is 12.7. The Labute approximate surface area is 148 Å². The van der Waals surface area contributed by atoms with E-state index >= 15 is 0 Å². The minimum Gasteiger partial charge on any atom is -0.444 e. The number of nitriles is 1. The number of rotatable bonds is 3. The number of hydrogen-bond acceptors (Lipinski definition) is 5. The van der Waals surface area contributed by atoms with Crippen molar-refractivity contribution in [3.05, 3.63) is 76.7 Å². The fraction of sp³-hybridized carbons (Fsp3) is 0.0526. The number of pyridine rings is 1. The number of nitrogens with zero attached hydrogens (tertiary/aromatic N) is 4. The number of aryl methyl sites for hydroxylation is 1. The van der Waals surface area contributed by atoms with Crippen LogP contribution in [0.25, 0.3) is 28.4 Å². The van der Waals surface area contributed by atoms with Crippen molar-refractivity contribution in [3.63, 3.8) is 0 Å². The van der Waals surface area contributed by atoms with Gasteiger partial charge < -0.3 is 4.42 Å². The second-order valence-corrected chi connectivity index (χ2v) is 5.68. The van der Waals surface area contributed by atoms with E-state index in [1.54, 1.807) is 48.8 Å². The van der Waals surface area contributed by atoms with E-state index in [1.807, 2.05) is 6.92 Å². The van der Waals surface area contributed by atoms with Crippen molar-refractivity contribution in [3.8, 4) is 34.5 Å². The average molecular weight is 343 g/mol. The predicted molar refractivity (Wildman–Crippen MR) is 94.6 cm³/mol. The first-order valence-corrected chi connectivity index (χ1v) is 7.86. The van der Waals surface area contributed by atoms with Gasteiger partial charge >= 0.3 is 0 Å². The van der Waals surface area contributed by atoms with Crippen molar-refractivity contribution < 1.29 is 4.42 Å². The molecule has 26 heavy (non-hydrogen) atoms. The highest BCUT2D eigenvalue weighted by atomic mass is 16.3. The summed E-state index contributed by atoms with van der Waals surface area (Å²) in [5.41, 5.74) is 3.08. The Morgan fingerprint density at radius 1 is 1.12 bits per heavy atom. The Morgan fingerprint density at radius 3 is 2.50 bits per heavy atom. The average Bonchev–Trinajstić information content (AvgIpc) is 3.31. The van der Waals surface area contributed by atoms with Crippen molar-refractivity contribution >= 4 is 0 Å². The monoisotopic (exact) mass is 343 g/mol. The van der Waals surface area contributed by atoms with Crippen molar-refractivity contribution in [2.24, 2.45) is 0 Å². The van der Waals surface area contributed by atoms with Gasteiger partial charge in [0.2, 0.25) is 5.89 Å². The molecule has 0 aliphatic rings. The SMILES string of the molecule is Cc1[nH]n(-c2ccc(-c3ncco3)cn2)c(=O)c1-c1ccc(C#N)cc1. The summed E-state index contributed by atoms with van der Waals surface area (Å²) >= 11 is 0. The fourth-order valence-electron chi connectivity index (χ4n) is 2.77. The van der Waals surface area contributed by atoms with Gasteiger partial charge in [-0.2, -0.15) is 5.26 Å². The van der Waals surface area contributed by atoms with Crippen molar-refractivity contribution in [2.45, 2.75) is 6.92 Å². The van der Waals surface area contributed by atoms with E-state index in [1.165, 1.54) is 10.9 Å². The van der Waals surface area contributed by atoms with Gasteiger partial charge in [0.1, 0.15) is 6.26 Å². The lowest BCUT2D eigenvalue weighted by molar-refractivity contribution is 0.574. The maximum absolute atomic E-state index is 12.9. The van der Waals surface area contributed by atoms with Crippen LogP contribution in [0.2, 0.25) is 0 Å². The van der Waals surface area contributed by atoms with Crippen LogP contribution in [-0.4, -0.2) is 19.7 Å². The first kappa shape index (κ1) is 15.6. The molecule has 0 aliphatic carbocycles. The summed E-state index contributed by atoms with van der Waals surface area (Å²) in [7, 11) is 0. The number of oxazole rings is 1. The molecule has 7 nitrogen and oxygen atoms in total. The smallest absolute Gasteiger partial charge is 0.280 e. The lowest BCUT2D eigenvalue weighted by Gasteiger charge is -2.01. The Kier molecular flexibility index (Phi) is 3.71. The van der Waals surface area contributed by atoms with Crippen LogP contribution in [0.3, 0.4) is 0 Å². The summed E-state index contributed by atoms with van der Waals surface area (Å²) in [6.07, 6.45) is 4.66. The zero-order valence-corrected chi connectivity index (χ0v) is 13.8. The van der Waals surface area contributed by atoms with Crippen LogP contribution in [0.4, 0.5) is 0 Å². The molecule has 0 bridgehead atoms. The summed E-state index contributed by atoms with van der Waals surface area (Å²) in [6, 6.07) is 12.5. The molecule has 3 aromatic heterocycles. The molecule has 1 N–H and O–H groups in total. The Bertz CT molecular complexity index is 1140. The summed E-state index contributed by atoms with van der Waals surface area (Å²) < 4.78 is 6.63. The molecule has 4 rings (SSSR count). The van der Waals surface area contributed by atoms with Crippen LogP contribution in [0, 0.1) is 18.3 Å². The molecule has 0 spiro atoms. The van der Waals surface area contributed by atoms with E-state index in [-0.39, 0.29) is 5.56 Å². The summed E-state index contributed by atoms with van der Waals surface area (Å²) in [4.78, 5) is 21.3. The van der Waals surface area contributed by atoms with Gasteiger partial charge in [0.25, 0.3) is 5.56 Å². The maximum Gasteiger partial charge on any atom is 0.280 e. The molecule has 3 heterocycles. The van der Waals surface area contributed by atoms with Crippen LogP contribution < -0.4 is 5.56 Å². The van der Waals surface area contributed by atoms with Crippen LogP contribution in [0.5, 0.6) is 0 Å². The molecule has 0 unspecified atom stereocenters. The van der Waals surface area contributed by atoms with Crippen LogP contribution in [-0.2, 0) is 0 Å². The van der Waals surface area contributed by atoms with Gasteiger partial charge in [0, 0.05) is 11.9 Å². The molecule has 126 valence electrons. The van der Waals surface area contributed by atoms with Crippen molar-refractivity contribution in [2.75, 3.05) is 0 Å².